The largest absolute Gasteiger partial charge is 0.477 e. The Morgan fingerprint density at radius 3 is 3.05 bits per heavy atom. The lowest BCUT2D eigenvalue weighted by Crippen LogP contribution is -2.48. The molecule has 0 aliphatic carbocycles. The number of nitrogens with zero attached hydrogens (tertiary/aromatic N) is 2. The number of fused-ring (bicyclic) bond motifs is 1. The molecule has 2 rings (SSSR count). The molecule has 1 N–H and O–H groups in total. The quantitative estimate of drug-likeness (QED) is 0.909. The van der Waals surface area contributed by atoms with E-state index in [0.29, 0.717) is 25.4 Å². The molecule has 0 fully saturated rings. The van der Waals surface area contributed by atoms with Crippen LogP contribution in [0, 0.1) is 17.2 Å². The summed E-state index contributed by atoms with van der Waals surface area (Å²) in [6, 6.07) is 9.72. The first kappa shape index (κ1) is 14.2. The Balaban J connectivity index is 2.05. The van der Waals surface area contributed by atoms with Gasteiger partial charge < -0.3 is 15.0 Å². The summed E-state index contributed by atoms with van der Waals surface area (Å²) in [5.74, 6) is 0.445. The van der Waals surface area contributed by atoms with E-state index < -0.39 is 6.10 Å². The van der Waals surface area contributed by atoms with Crippen molar-refractivity contribution in [2.45, 2.75) is 20.0 Å². The van der Waals surface area contributed by atoms with Crippen molar-refractivity contribution in [1.29, 1.82) is 5.26 Å². The lowest BCUT2D eigenvalue weighted by atomic mass is 10.1. The molecule has 1 aliphatic heterocycles. The van der Waals surface area contributed by atoms with E-state index in [1.54, 1.807) is 4.90 Å². The number of anilines is 1. The number of para-hydroxylation sites is 2. The summed E-state index contributed by atoms with van der Waals surface area (Å²) < 4.78 is 5.76. The van der Waals surface area contributed by atoms with E-state index in [4.69, 9.17) is 10.00 Å². The van der Waals surface area contributed by atoms with E-state index in [-0.39, 0.29) is 11.8 Å². The summed E-state index contributed by atoms with van der Waals surface area (Å²) >= 11 is 0. The van der Waals surface area contributed by atoms with Crippen LogP contribution >= 0.6 is 0 Å². The minimum Gasteiger partial charge on any atom is -0.477 e. The van der Waals surface area contributed by atoms with Gasteiger partial charge in [-0.25, -0.2) is 0 Å². The second kappa shape index (κ2) is 6.29. The molecular weight excluding hydrogens is 254 g/mol. The number of likely N-dealkylation sites (N-methyl/N-ethyl adjacent to an activating group) is 1. The first-order valence-electron chi connectivity index (χ1n) is 6.83. The van der Waals surface area contributed by atoms with Crippen molar-refractivity contribution in [2.75, 3.05) is 25.0 Å². The zero-order valence-electron chi connectivity index (χ0n) is 11.8. The van der Waals surface area contributed by atoms with Crippen molar-refractivity contribution in [3.05, 3.63) is 24.3 Å². The van der Waals surface area contributed by atoms with Crippen molar-refractivity contribution in [2.24, 2.45) is 5.92 Å². The molecule has 1 heterocycles. The van der Waals surface area contributed by atoms with Crippen LogP contribution in [0.1, 0.15) is 13.8 Å². The molecule has 1 amide bonds. The fourth-order valence-corrected chi connectivity index (χ4v) is 2.20. The van der Waals surface area contributed by atoms with Crippen LogP contribution in [-0.4, -0.2) is 36.5 Å². The molecule has 1 aromatic rings. The number of nitriles is 1. The molecule has 106 valence electrons. The van der Waals surface area contributed by atoms with Crippen molar-refractivity contribution < 1.29 is 9.53 Å². The average Bonchev–Trinajstić information content (AvgIpc) is 2.51. The molecule has 2 unspecified atom stereocenters. The van der Waals surface area contributed by atoms with Crippen LogP contribution < -0.4 is 10.1 Å². The molecular formula is C15H19N3O2. The van der Waals surface area contributed by atoms with Crippen LogP contribution in [0.3, 0.4) is 0 Å². The van der Waals surface area contributed by atoms with Gasteiger partial charge in [-0.2, -0.15) is 5.26 Å². The monoisotopic (exact) mass is 273 g/mol. The zero-order chi connectivity index (χ0) is 14.5. The summed E-state index contributed by atoms with van der Waals surface area (Å²) in [6.07, 6.45) is -0.532. The number of hydrogen-bond donors (Lipinski definition) is 1. The van der Waals surface area contributed by atoms with Gasteiger partial charge in [-0.3, -0.25) is 4.79 Å². The van der Waals surface area contributed by atoms with Crippen LogP contribution in [0.2, 0.25) is 0 Å². The Bertz CT molecular complexity index is 524. The van der Waals surface area contributed by atoms with Crippen LogP contribution in [0.15, 0.2) is 24.3 Å². The number of amides is 1. The van der Waals surface area contributed by atoms with Crippen molar-refractivity contribution in [3.8, 4) is 11.8 Å². The third-order valence-electron chi connectivity index (χ3n) is 3.32. The fourth-order valence-electron chi connectivity index (χ4n) is 2.20. The first-order valence-corrected chi connectivity index (χ1v) is 6.83. The topological polar surface area (TPSA) is 65.4 Å². The number of rotatable bonds is 4. The van der Waals surface area contributed by atoms with E-state index in [9.17, 15) is 4.79 Å². The lowest BCUT2D eigenvalue weighted by molar-refractivity contribution is -0.138. The van der Waals surface area contributed by atoms with Gasteiger partial charge >= 0.3 is 0 Å². The standard InChI is InChI=1S/C15H19N3O2/c1-3-18(10-11(2)8-16)15(19)14-9-17-12-6-4-5-7-13(12)20-14/h4-7,11,14,17H,3,9-10H2,1-2H3. The number of nitrogens with one attached hydrogen (secondary N) is 1. The highest BCUT2D eigenvalue weighted by Gasteiger charge is 2.29. The maximum Gasteiger partial charge on any atom is 0.265 e. The Hall–Kier alpha value is -2.22. The third-order valence-corrected chi connectivity index (χ3v) is 3.32. The highest BCUT2D eigenvalue weighted by atomic mass is 16.5. The predicted octanol–water partition coefficient (Wildman–Crippen LogP) is 1.87. The van der Waals surface area contributed by atoms with Crippen molar-refractivity contribution >= 4 is 11.6 Å². The molecule has 20 heavy (non-hydrogen) atoms. The fraction of sp³-hybridized carbons (Fsp3) is 0.467. The third kappa shape index (κ3) is 3.02. The summed E-state index contributed by atoms with van der Waals surface area (Å²) in [4.78, 5) is 14.1. The molecule has 1 aromatic carbocycles. The molecule has 0 saturated heterocycles. The normalized spacial score (nSPS) is 17.9. The average molecular weight is 273 g/mol. The predicted molar refractivity (Wildman–Crippen MR) is 76.4 cm³/mol. The number of benzene rings is 1. The summed E-state index contributed by atoms with van der Waals surface area (Å²) in [5, 5.41) is 12.1. The van der Waals surface area contributed by atoms with Gasteiger partial charge in [-0.1, -0.05) is 12.1 Å². The van der Waals surface area contributed by atoms with E-state index in [0.717, 1.165) is 5.69 Å². The van der Waals surface area contributed by atoms with Crippen molar-refractivity contribution in [3.63, 3.8) is 0 Å². The van der Waals surface area contributed by atoms with E-state index in [1.165, 1.54) is 0 Å². The lowest BCUT2D eigenvalue weighted by Gasteiger charge is -2.31. The van der Waals surface area contributed by atoms with Gasteiger partial charge in [0, 0.05) is 13.1 Å². The highest BCUT2D eigenvalue weighted by molar-refractivity contribution is 5.83. The Morgan fingerprint density at radius 1 is 1.60 bits per heavy atom. The van der Waals surface area contributed by atoms with E-state index >= 15 is 0 Å². The molecule has 5 nitrogen and oxygen atoms in total. The van der Waals surface area contributed by atoms with E-state index in [2.05, 4.69) is 11.4 Å². The van der Waals surface area contributed by atoms with E-state index in [1.807, 2.05) is 38.1 Å². The molecule has 0 saturated carbocycles. The molecule has 5 heteroatoms. The SMILES string of the molecule is CCN(CC(C)C#N)C(=O)C1CNc2ccccc2O1. The van der Waals surface area contributed by atoms with Crippen LogP contribution in [0.5, 0.6) is 5.75 Å². The Morgan fingerprint density at radius 2 is 2.35 bits per heavy atom. The summed E-state index contributed by atoms with van der Waals surface area (Å²) in [6.45, 7) is 5.18. The molecule has 0 spiro atoms. The van der Waals surface area contributed by atoms with Gasteiger partial charge in [0.25, 0.3) is 5.91 Å². The number of carbonyl (C=O) groups excluding carboxylic acids is 1. The Labute approximate surface area is 119 Å². The number of ether oxygens (including phenoxy) is 1. The zero-order valence-corrected chi connectivity index (χ0v) is 11.8. The smallest absolute Gasteiger partial charge is 0.265 e. The van der Waals surface area contributed by atoms with Crippen LogP contribution in [-0.2, 0) is 4.79 Å². The van der Waals surface area contributed by atoms with Crippen LogP contribution in [0.25, 0.3) is 0 Å². The molecule has 0 radical (unpaired) electrons. The highest BCUT2D eigenvalue weighted by Crippen LogP contribution is 2.28. The molecule has 2 atom stereocenters. The molecule has 1 aliphatic rings. The van der Waals surface area contributed by atoms with Gasteiger partial charge in [-0.05, 0) is 26.0 Å². The minimum atomic E-state index is -0.532. The van der Waals surface area contributed by atoms with Gasteiger partial charge in [-0.15, -0.1) is 0 Å². The number of carbonyl (C=O) groups is 1. The maximum atomic E-state index is 12.4. The second-order valence-corrected chi connectivity index (χ2v) is 4.89. The van der Waals surface area contributed by atoms with Crippen molar-refractivity contribution in [1.82, 2.24) is 4.90 Å². The minimum absolute atomic E-state index is 0.0726. The van der Waals surface area contributed by atoms with Gasteiger partial charge in [0.1, 0.15) is 5.75 Å². The molecule has 0 bridgehead atoms. The first-order chi connectivity index (χ1) is 9.65. The van der Waals surface area contributed by atoms with Gasteiger partial charge in [0.05, 0.1) is 24.2 Å². The maximum absolute atomic E-state index is 12.4. The summed E-state index contributed by atoms with van der Waals surface area (Å²) in [5.41, 5.74) is 0.907. The van der Waals surface area contributed by atoms with Gasteiger partial charge in [0.2, 0.25) is 0 Å². The number of hydrogen-bond acceptors (Lipinski definition) is 4. The van der Waals surface area contributed by atoms with Crippen LogP contribution in [0.4, 0.5) is 5.69 Å². The summed E-state index contributed by atoms with van der Waals surface area (Å²) in [7, 11) is 0. The second-order valence-electron chi connectivity index (χ2n) is 4.89. The Kier molecular flexibility index (Phi) is 4.46. The molecule has 0 aromatic heterocycles. The van der Waals surface area contributed by atoms with Gasteiger partial charge in [0.15, 0.2) is 6.10 Å².